The Bertz CT molecular complexity index is 409. The predicted molar refractivity (Wildman–Crippen MR) is 72.3 cm³/mol. The minimum absolute atomic E-state index is 0.974. The maximum Gasteiger partial charge on any atom is -0.0155 e. The monoisotopic (exact) mass is 256 g/mol. The molecular formula is C20H16. The lowest BCUT2D eigenvalue weighted by Gasteiger charge is -2.58. The zero-order chi connectivity index (χ0) is 12.1. The standard InChI is InChI=1S/C20H16/c1-5-13-7-2-8-14(13)6(1)16-10-3-9(15(5)16)19-11-4-12(20(10)19)18(8)17(7)11/h13-20H,1-4H2. The van der Waals surface area contributed by atoms with Gasteiger partial charge >= 0.3 is 0 Å². The zero-order valence-electron chi connectivity index (χ0n) is 11.4. The van der Waals surface area contributed by atoms with Gasteiger partial charge in [-0.15, -0.1) is 0 Å². The van der Waals surface area contributed by atoms with E-state index < -0.39 is 0 Å². The third-order valence-corrected chi connectivity index (χ3v) is 9.36. The number of rotatable bonds is 0. The molecule has 0 atom stereocenters. The molecule has 0 aromatic rings. The Kier molecular flexibility index (Phi) is 1.05. The van der Waals surface area contributed by atoms with E-state index >= 15 is 0 Å². The molecule has 0 aromatic heterocycles. The molecule has 20 heavy (non-hydrogen) atoms. The molecule has 8 fully saturated rings. The fraction of sp³-hybridized carbons (Fsp3) is 0.600. The number of hydrogen-bond donors (Lipinski definition) is 0. The van der Waals surface area contributed by atoms with Crippen LogP contribution in [0.25, 0.3) is 0 Å². The predicted octanol–water partition coefficient (Wildman–Crippen LogP) is 3.19. The van der Waals surface area contributed by atoms with Crippen LogP contribution in [0.4, 0.5) is 0 Å². The summed E-state index contributed by atoms with van der Waals surface area (Å²) in [5, 5.41) is 0. The van der Waals surface area contributed by atoms with Crippen LogP contribution in [0.5, 0.6) is 0 Å². The largest absolute Gasteiger partial charge is 0.0396 e. The summed E-state index contributed by atoms with van der Waals surface area (Å²) in [6.07, 6.45) is 5.87. The van der Waals surface area contributed by atoms with Crippen LogP contribution in [0.15, 0.2) is 0 Å². The van der Waals surface area contributed by atoms with Gasteiger partial charge in [0.05, 0.1) is 0 Å². The average Bonchev–Trinajstić information content (AvgIpc) is 3.21. The highest BCUT2D eigenvalue weighted by atomic mass is 14.9. The van der Waals surface area contributed by atoms with Crippen molar-refractivity contribution in [3.05, 3.63) is 47.3 Å². The highest BCUT2D eigenvalue weighted by Gasteiger charge is 2.85. The highest BCUT2D eigenvalue weighted by Crippen LogP contribution is 2.92. The summed E-state index contributed by atoms with van der Waals surface area (Å²) in [6.45, 7) is 0. The summed E-state index contributed by atoms with van der Waals surface area (Å²) >= 11 is 0. The third kappa shape index (κ3) is 0.564. The summed E-state index contributed by atoms with van der Waals surface area (Å²) < 4.78 is 0. The van der Waals surface area contributed by atoms with Gasteiger partial charge in [-0.3, -0.25) is 0 Å². The van der Waals surface area contributed by atoms with Gasteiger partial charge in [0, 0.05) is 0 Å². The first-order valence-corrected chi connectivity index (χ1v) is 8.78. The molecule has 0 nitrogen and oxygen atoms in total. The van der Waals surface area contributed by atoms with Crippen molar-refractivity contribution in [1.82, 2.24) is 0 Å². The average molecular weight is 256 g/mol. The molecule has 0 unspecified atom stereocenters. The quantitative estimate of drug-likeness (QED) is 0.584. The Balaban J connectivity index is 1.46. The van der Waals surface area contributed by atoms with Crippen LogP contribution in [0.3, 0.4) is 0 Å². The molecular weight excluding hydrogens is 240 g/mol. The summed E-state index contributed by atoms with van der Waals surface area (Å²) in [4.78, 5) is 0. The summed E-state index contributed by atoms with van der Waals surface area (Å²) in [5.74, 6) is 24.1. The molecule has 0 aliphatic heterocycles. The van der Waals surface area contributed by atoms with E-state index in [2.05, 4.69) is 0 Å². The Hall–Kier alpha value is 0. The van der Waals surface area contributed by atoms with Crippen LogP contribution in [-0.2, 0) is 0 Å². The summed E-state index contributed by atoms with van der Waals surface area (Å²) in [5.41, 5.74) is 0. The van der Waals surface area contributed by atoms with Crippen molar-refractivity contribution in [2.24, 2.45) is 47.3 Å². The van der Waals surface area contributed by atoms with Gasteiger partial charge in [-0.25, -0.2) is 0 Å². The van der Waals surface area contributed by atoms with Crippen LogP contribution in [0.1, 0.15) is 25.7 Å². The van der Waals surface area contributed by atoms with Crippen molar-refractivity contribution in [2.45, 2.75) is 25.7 Å². The molecule has 0 heteroatoms. The molecule has 0 amide bonds. The van der Waals surface area contributed by atoms with Crippen molar-refractivity contribution in [2.75, 3.05) is 0 Å². The molecule has 0 heterocycles. The fourth-order valence-corrected chi connectivity index (χ4v) is 9.58. The minimum Gasteiger partial charge on any atom is -0.0396 e. The first kappa shape index (κ1) is 9.21. The Morgan fingerprint density at radius 2 is 0.450 bits per heavy atom. The molecule has 0 saturated heterocycles. The van der Waals surface area contributed by atoms with Crippen molar-refractivity contribution in [3.8, 4) is 0 Å². The summed E-state index contributed by atoms with van der Waals surface area (Å²) in [6, 6.07) is 0. The Morgan fingerprint density at radius 1 is 0.300 bits per heavy atom. The lowest BCUT2D eigenvalue weighted by molar-refractivity contribution is 0.144. The van der Waals surface area contributed by atoms with Gasteiger partial charge in [0.1, 0.15) is 0 Å². The van der Waals surface area contributed by atoms with E-state index in [-0.39, 0.29) is 0 Å². The van der Waals surface area contributed by atoms with Crippen molar-refractivity contribution in [3.63, 3.8) is 0 Å². The normalized spacial score (nSPS) is 69.6. The van der Waals surface area contributed by atoms with Crippen LogP contribution in [0.2, 0.25) is 0 Å². The van der Waals surface area contributed by atoms with Crippen LogP contribution in [0, 0.1) is 94.7 Å². The number of hydrogen-bond acceptors (Lipinski definition) is 0. The molecule has 0 spiro atoms. The molecule has 8 aliphatic rings. The first-order chi connectivity index (χ1) is 9.93. The van der Waals surface area contributed by atoms with Crippen LogP contribution in [-0.4, -0.2) is 0 Å². The van der Waals surface area contributed by atoms with Gasteiger partial charge < -0.3 is 0 Å². The molecule has 96 valence electrons. The van der Waals surface area contributed by atoms with E-state index in [1.807, 2.05) is 47.3 Å². The molecule has 8 bridgehead atoms. The van der Waals surface area contributed by atoms with E-state index in [1.54, 1.807) is 0 Å². The molecule has 0 N–H and O–H groups in total. The SMILES string of the molecule is C1[C]2C3[C]4C[C]5C3[C]1C1[C]3C[C](C21)C1[C]2C[C](C5C42)C31. The molecule has 8 rings (SSSR count). The van der Waals surface area contributed by atoms with Crippen LogP contribution >= 0.6 is 0 Å². The van der Waals surface area contributed by atoms with E-state index in [0.717, 1.165) is 47.3 Å². The second-order valence-corrected chi connectivity index (χ2v) is 9.13. The third-order valence-electron chi connectivity index (χ3n) is 9.36. The lowest BCUT2D eigenvalue weighted by atomic mass is 9.45. The zero-order valence-corrected chi connectivity index (χ0v) is 11.4. The second kappa shape index (κ2) is 2.28. The smallest absolute Gasteiger partial charge is 0.0155 e. The minimum atomic E-state index is 0.974. The maximum absolute atomic E-state index is 2.04. The van der Waals surface area contributed by atoms with Gasteiger partial charge in [0.25, 0.3) is 0 Å². The second-order valence-electron chi connectivity index (χ2n) is 9.13. The van der Waals surface area contributed by atoms with Gasteiger partial charge in [0.2, 0.25) is 0 Å². The fourth-order valence-electron chi connectivity index (χ4n) is 9.58. The van der Waals surface area contributed by atoms with E-state index in [0.29, 0.717) is 0 Å². The summed E-state index contributed by atoms with van der Waals surface area (Å²) in [7, 11) is 0. The van der Waals surface area contributed by atoms with Gasteiger partial charge in [-0.05, 0) is 120 Å². The van der Waals surface area contributed by atoms with Crippen molar-refractivity contribution >= 4 is 0 Å². The van der Waals surface area contributed by atoms with E-state index in [4.69, 9.17) is 0 Å². The molecule has 8 radical (unpaired) electrons. The highest BCUT2D eigenvalue weighted by molar-refractivity contribution is 5.68. The first-order valence-electron chi connectivity index (χ1n) is 8.78. The van der Waals surface area contributed by atoms with Gasteiger partial charge in [-0.2, -0.15) is 0 Å². The van der Waals surface area contributed by atoms with Gasteiger partial charge in [0.15, 0.2) is 0 Å². The van der Waals surface area contributed by atoms with Crippen LogP contribution < -0.4 is 0 Å². The van der Waals surface area contributed by atoms with E-state index in [1.165, 1.54) is 25.7 Å². The molecule has 8 aliphatic carbocycles. The van der Waals surface area contributed by atoms with Crippen molar-refractivity contribution in [1.29, 1.82) is 0 Å². The Morgan fingerprint density at radius 3 is 0.600 bits per heavy atom. The number of fused-ring (bicyclic) bond motifs is 28. The van der Waals surface area contributed by atoms with E-state index in [9.17, 15) is 0 Å². The molecule has 0 aromatic carbocycles. The van der Waals surface area contributed by atoms with Crippen molar-refractivity contribution < 1.29 is 0 Å². The topological polar surface area (TPSA) is 0 Å². The Labute approximate surface area is 121 Å². The maximum atomic E-state index is 2.04. The lowest BCUT2D eigenvalue weighted by Crippen LogP contribution is -2.53. The van der Waals surface area contributed by atoms with Gasteiger partial charge in [-0.1, -0.05) is 0 Å². The molecule has 8 saturated carbocycles.